The van der Waals surface area contributed by atoms with Crippen molar-refractivity contribution in [3.05, 3.63) is 29.0 Å². The molecule has 2 heterocycles. The molecule has 0 aliphatic heterocycles. The lowest BCUT2D eigenvalue weighted by Gasteiger charge is -2.02. The predicted octanol–water partition coefficient (Wildman–Crippen LogP) is -0.0548. The Kier molecular flexibility index (Phi) is 4.47. The van der Waals surface area contributed by atoms with E-state index in [-0.39, 0.29) is 18.0 Å². The summed E-state index contributed by atoms with van der Waals surface area (Å²) in [5, 5.41) is 14.9. The maximum absolute atomic E-state index is 11.9. The van der Waals surface area contributed by atoms with E-state index in [0.29, 0.717) is 6.42 Å². The van der Waals surface area contributed by atoms with Crippen LogP contribution in [0.2, 0.25) is 0 Å². The summed E-state index contributed by atoms with van der Waals surface area (Å²) >= 11 is 1.45. The average Bonchev–Trinajstić information content (AvgIpc) is 2.99. The van der Waals surface area contributed by atoms with E-state index in [1.165, 1.54) is 17.5 Å². The standard InChI is InChI=1S/C10H12N4O4S2/c15-10(16)7-14-6-8(5-12-14)20(17,18)13-2-1-9-11-3-4-19-9/h3-6,13H,1-2,7H2,(H,15,16). The van der Waals surface area contributed by atoms with E-state index in [1.807, 2.05) is 5.38 Å². The minimum atomic E-state index is -3.68. The summed E-state index contributed by atoms with van der Waals surface area (Å²) in [7, 11) is -3.68. The largest absolute Gasteiger partial charge is 0.480 e. The molecular weight excluding hydrogens is 304 g/mol. The van der Waals surface area contributed by atoms with Crippen molar-refractivity contribution in [2.24, 2.45) is 0 Å². The first-order chi connectivity index (χ1) is 9.47. The molecule has 2 rings (SSSR count). The molecule has 20 heavy (non-hydrogen) atoms. The SMILES string of the molecule is O=C(O)Cn1cc(S(=O)(=O)NCCc2nccs2)cn1. The van der Waals surface area contributed by atoms with Crippen LogP contribution in [0.5, 0.6) is 0 Å². The summed E-state index contributed by atoms with van der Waals surface area (Å²) in [6, 6.07) is 0. The Balaban J connectivity index is 1.95. The molecule has 0 saturated carbocycles. The van der Waals surface area contributed by atoms with Crippen molar-refractivity contribution in [3.63, 3.8) is 0 Å². The highest BCUT2D eigenvalue weighted by atomic mass is 32.2. The first-order valence-electron chi connectivity index (χ1n) is 5.59. The van der Waals surface area contributed by atoms with Gasteiger partial charge < -0.3 is 5.11 Å². The third kappa shape index (κ3) is 3.85. The fraction of sp³-hybridized carbons (Fsp3) is 0.300. The Hall–Kier alpha value is -1.78. The second kappa shape index (κ2) is 6.11. The molecule has 2 aromatic rings. The van der Waals surface area contributed by atoms with Crippen LogP contribution in [-0.4, -0.2) is 40.8 Å². The number of sulfonamides is 1. The summed E-state index contributed by atoms with van der Waals surface area (Å²) in [6.45, 7) is -0.158. The van der Waals surface area contributed by atoms with Crippen LogP contribution in [0.1, 0.15) is 5.01 Å². The summed E-state index contributed by atoms with van der Waals surface area (Å²) in [5.41, 5.74) is 0. The van der Waals surface area contributed by atoms with Gasteiger partial charge in [-0.05, 0) is 0 Å². The fourth-order valence-electron chi connectivity index (χ4n) is 1.46. The van der Waals surface area contributed by atoms with Gasteiger partial charge in [0.1, 0.15) is 11.4 Å². The van der Waals surface area contributed by atoms with Crippen LogP contribution in [0, 0.1) is 0 Å². The molecule has 0 saturated heterocycles. The van der Waals surface area contributed by atoms with Crippen LogP contribution in [0.4, 0.5) is 0 Å². The number of aliphatic carboxylic acids is 1. The van der Waals surface area contributed by atoms with Crippen molar-refractivity contribution in [1.82, 2.24) is 19.5 Å². The van der Waals surface area contributed by atoms with Gasteiger partial charge in [-0.25, -0.2) is 18.1 Å². The highest BCUT2D eigenvalue weighted by molar-refractivity contribution is 7.89. The van der Waals surface area contributed by atoms with Gasteiger partial charge in [-0.1, -0.05) is 0 Å². The quantitative estimate of drug-likeness (QED) is 0.740. The van der Waals surface area contributed by atoms with Gasteiger partial charge in [-0.3, -0.25) is 9.48 Å². The van der Waals surface area contributed by atoms with E-state index < -0.39 is 16.0 Å². The zero-order valence-electron chi connectivity index (χ0n) is 10.3. The van der Waals surface area contributed by atoms with E-state index in [2.05, 4.69) is 14.8 Å². The Morgan fingerprint density at radius 2 is 2.30 bits per heavy atom. The highest BCUT2D eigenvalue weighted by Gasteiger charge is 2.16. The van der Waals surface area contributed by atoms with Crippen LogP contribution in [-0.2, 0) is 27.8 Å². The Morgan fingerprint density at radius 1 is 1.50 bits per heavy atom. The number of hydrogen-bond donors (Lipinski definition) is 2. The molecule has 0 aliphatic rings. The van der Waals surface area contributed by atoms with Crippen molar-refractivity contribution in [1.29, 1.82) is 0 Å². The number of carboxylic acid groups (broad SMARTS) is 1. The van der Waals surface area contributed by atoms with Gasteiger partial charge >= 0.3 is 5.97 Å². The van der Waals surface area contributed by atoms with Gasteiger partial charge in [0.15, 0.2) is 0 Å². The molecule has 0 aromatic carbocycles. The van der Waals surface area contributed by atoms with Crippen molar-refractivity contribution < 1.29 is 18.3 Å². The van der Waals surface area contributed by atoms with Gasteiger partial charge in [-0.15, -0.1) is 11.3 Å². The van der Waals surface area contributed by atoms with Crippen molar-refractivity contribution >= 4 is 27.3 Å². The Morgan fingerprint density at radius 3 is 2.95 bits per heavy atom. The molecule has 0 amide bonds. The van der Waals surface area contributed by atoms with Crippen molar-refractivity contribution in [3.8, 4) is 0 Å². The summed E-state index contributed by atoms with van der Waals surface area (Å²) in [6.07, 6.45) is 4.46. The molecule has 0 aliphatic carbocycles. The first-order valence-corrected chi connectivity index (χ1v) is 7.96. The topological polar surface area (TPSA) is 114 Å². The normalized spacial score (nSPS) is 11.6. The smallest absolute Gasteiger partial charge is 0.325 e. The lowest BCUT2D eigenvalue weighted by molar-refractivity contribution is -0.137. The summed E-state index contributed by atoms with van der Waals surface area (Å²) in [5.74, 6) is -1.09. The maximum atomic E-state index is 11.9. The zero-order chi connectivity index (χ0) is 14.6. The number of carbonyl (C=O) groups is 1. The van der Waals surface area contributed by atoms with E-state index in [9.17, 15) is 13.2 Å². The van der Waals surface area contributed by atoms with Gasteiger partial charge in [0.25, 0.3) is 0 Å². The van der Waals surface area contributed by atoms with E-state index in [1.54, 1.807) is 6.20 Å². The third-order valence-corrected chi connectivity index (χ3v) is 4.59. The molecule has 0 fully saturated rings. The van der Waals surface area contributed by atoms with E-state index >= 15 is 0 Å². The third-order valence-electron chi connectivity index (χ3n) is 2.33. The fourth-order valence-corrected chi connectivity index (χ4v) is 3.06. The molecule has 0 spiro atoms. The number of aromatic nitrogens is 3. The zero-order valence-corrected chi connectivity index (χ0v) is 11.9. The number of rotatable bonds is 7. The van der Waals surface area contributed by atoms with Crippen LogP contribution in [0.25, 0.3) is 0 Å². The second-order valence-corrected chi connectivity index (χ2v) is 6.59. The summed E-state index contributed by atoms with van der Waals surface area (Å²) < 4.78 is 27.3. The van der Waals surface area contributed by atoms with Gasteiger partial charge in [0, 0.05) is 30.7 Å². The molecule has 2 N–H and O–H groups in total. The van der Waals surface area contributed by atoms with Gasteiger partial charge in [-0.2, -0.15) is 5.10 Å². The number of carboxylic acids is 1. The van der Waals surface area contributed by atoms with Gasteiger partial charge in [0.05, 0.1) is 11.2 Å². The minimum absolute atomic E-state index is 0.0575. The maximum Gasteiger partial charge on any atom is 0.325 e. The first kappa shape index (κ1) is 14.6. The molecule has 0 atom stereocenters. The molecule has 10 heteroatoms. The number of nitrogens with one attached hydrogen (secondary N) is 1. The minimum Gasteiger partial charge on any atom is -0.480 e. The number of thiazole rings is 1. The number of hydrogen-bond acceptors (Lipinski definition) is 6. The van der Waals surface area contributed by atoms with Gasteiger partial charge in [0.2, 0.25) is 10.0 Å². The van der Waals surface area contributed by atoms with Crippen LogP contribution in [0.15, 0.2) is 28.9 Å². The highest BCUT2D eigenvalue weighted by Crippen LogP contribution is 2.08. The summed E-state index contributed by atoms with van der Waals surface area (Å²) in [4.78, 5) is 14.5. The molecule has 2 aromatic heterocycles. The molecule has 0 unspecified atom stereocenters. The monoisotopic (exact) mass is 316 g/mol. The van der Waals surface area contributed by atoms with Crippen LogP contribution in [0.3, 0.4) is 0 Å². The molecule has 0 radical (unpaired) electrons. The van der Waals surface area contributed by atoms with Crippen LogP contribution < -0.4 is 4.72 Å². The van der Waals surface area contributed by atoms with E-state index in [4.69, 9.17) is 5.11 Å². The molecule has 108 valence electrons. The lowest BCUT2D eigenvalue weighted by Crippen LogP contribution is -2.25. The lowest BCUT2D eigenvalue weighted by atomic mass is 10.5. The Bertz CT molecular complexity index is 678. The van der Waals surface area contributed by atoms with E-state index in [0.717, 1.165) is 15.9 Å². The second-order valence-electron chi connectivity index (χ2n) is 3.84. The molecule has 8 nitrogen and oxygen atoms in total. The average molecular weight is 316 g/mol. The van der Waals surface area contributed by atoms with Crippen LogP contribution >= 0.6 is 11.3 Å². The van der Waals surface area contributed by atoms with Crippen molar-refractivity contribution in [2.75, 3.05) is 6.54 Å². The predicted molar refractivity (Wildman–Crippen MR) is 70.9 cm³/mol. The Labute approximate surface area is 119 Å². The molecular formula is C10H12N4O4S2. The number of nitrogens with zero attached hydrogens (tertiary/aromatic N) is 3. The molecule has 0 bridgehead atoms. The van der Waals surface area contributed by atoms with Crippen molar-refractivity contribution in [2.45, 2.75) is 17.9 Å².